The Bertz CT molecular complexity index is 709. The number of hydrogen-bond acceptors (Lipinski definition) is 3. The van der Waals surface area contributed by atoms with Gasteiger partial charge in [0.15, 0.2) is 0 Å². The second-order valence-electron chi connectivity index (χ2n) is 4.45. The largest absolute Gasteiger partial charge is 0.478 e. The van der Waals surface area contributed by atoms with E-state index in [1.54, 1.807) is 13.1 Å². The number of nitrogens with one attached hydrogen (secondary N) is 1. The number of benzene rings is 1. The molecule has 0 fully saturated rings. The highest BCUT2D eigenvalue weighted by molar-refractivity contribution is 6.34. The van der Waals surface area contributed by atoms with Crippen LogP contribution in [0.15, 0.2) is 24.3 Å². The van der Waals surface area contributed by atoms with Gasteiger partial charge in [-0.2, -0.15) is 5.10 Å². The molecule has 0 aliphatic rings. The molecule has 0 bridgehead atoms. The Hall–Kier alpha value is -2.34. The molecule has 0 aliphatic heterocycles. The minimum atomic E-state index is -1.09. The molecule has 0 radical (unpaired) electrons. The van der Waals surface area contributed by atoms with Gasteiger partial charge in [-0.3, -0.25) is 9.48 Å². The third kappa shape index (κ3) is 3.22. The van der Waals surface area contributed by atoms with Crippen LogP contribution in [0, 0.1) is 0 Å². The number of rotatable bonds is 4. The van der Waals surface area contributed by atoms with E-state index >= 15 is 0 Å². The van der Waals surface area contributed by atoms with Crippen molar-refractivity contribution in [2.75, 3.05) is 5.32 Å². The Morgan fingerprint density at radius 3 is 2.67 bits per heavy atom. The van der Waals surface area contributed by atoms with E-state index in [1.807, 2.05) is 6.92 Å². The van der Waals surface area contributed by atoms with Crippen molar-refractivity contribution in [3.8, 4) is 0 Å². The molecule has 21 heavy (non-hydrogen) atoms. The highest BCUT2D eigenvalue weighted by Crippen LogP contribution is 2.23. The van der Waals surface area contributed by atoms with Crippen LogP contribution in [0.3, 0.4) is 0 Å². The molecule has 2 rings (SSSR count). The first kappa shape index (κ1) is 15.1. The van der Waals surface area contributed by atoms with Crippen LogP contribution in [0.25, 0.3) is 0 Å². The first-order chi connectivity index (χ1) is 9.92. The normalized spacial score (nSPS) is 10.4. The molecule has 0 unspecified atom stereocenters. The summed E-state index contributed by atoms with van der Waals surface area (Å²) >= 11 is 5.97. The smallest absolute Gasteiger partial charge is 0.335 e. The lowest BCUT2D eigenvalue weighted by atomic mass is 10.2. The van der Waals surface area contributed by atoms with Crippen molar-refractivity contribution >= 4 is 29.2 Å². The Balaban J connectivity index is 2.28. The van der Waals surface area contributed by atoms with E-state index in [4.69, 9.17) is 16.7 Å². The minimum Gasteiger partial charge on any atom is -0.478 e. The predicted molar refractivity (Wildman–Crippen MR) is 79.0 cm³/mol. The number of carboxylic acids is 1. The lowest BCUT2D eigenvalue weighted by Gasteiger charge is -2.08. The van der Waals surface area contributed by atoms with Crippen LogP contribution in [-0.4, -0.2) is 26.8 Å². The van der Waals surface area contributed by atoms with Gasteiger partial charge in [0, 0.05) is 7.05 Å². The van der Waals surface area contributed by atoms with Crippen LogP contribution < -0.4 is 5.32 Å². The maximum absolute atomic E-state index is 12.2. The number of aromatic carboxylic acids is 1. The van der Waals surface area contributed by atoms with Crippen molar-refractivity contribution in [3.63, 3.8) is 0 Å². The number of carbonyl (C=O) groups excluding carboxylic acids is 1. The third-order valence-corrected chi connectivity index (χ3v) is 3.32. The number of anilines is 1. The quantitative estimate of drug-likeness (QED) is 0.909. The third-order valence-electron chi connectivity index (χ3n) is 2.99. The van der Waals surface area contributed by atoms with E-state index < -0.39 is 11.9 Å². The number of nitrogens with zero attached hydrogens (tertiary/aromatic N) is 2. The van der Waals surface area contributed by atoms with Crippen molar-refractivity contribution in [2.45, 2.75) is 13.3 Å². The van der Waals surface area contributed by atoms with E-state index in [0.29, 0.717) is 5.69 Å². The van der Waals surface area contributed by atoms with E-state index in [9.17, 15) is 9.59 Å². The van der Waals surface area contributed by atoms with Gasteiger partial charge in [-0.1, -0.05) is 18.5 Å². The zero-order valence-corrected chi connectivity index (χ0v) is 12.3. The van der Waals surface area contributed by atoms with Crippen molar-refractivity contribution in [1.29, 1.82) is 0 Å². The molecule has 6 nitrogen and oxygen atoms in total. The molecule has 110 valence electrons. The van der Waals surface area contributed by atoms with E-state index in [1.165, 1.54) is 22.9 Å². The minimum absolute atomic E-state index is 0.0500. The zero-order chi connectivity index (χ0) is 15.6. The maximum Gasteiger partial charge on any atom is 0.335 e. The van der Waals surface area contributed by atoms with Crippen LogP contribution in [0.4, 0.5) is 5.69 Å². The highest BCUT2D eigenvalue weighted by atomic mass is 35.5. The van der Waals surface area contributed by atoms with Gasteiger partial charge >= 0.3 is 5.97 Å². The van der Waals surface area contributed by atoms with E-state index in [0.717, 1.165) is 12.1 Å². The number of hydrogen-bond donors (Lipinski definition) is 2. The topological polar surface area (TPSA) is 84.2 Å². The molecule has 2 N–H and O–H groups in total. The van der Waals surface area contributed by atoms with Gasteiger partial charge in [-0.05, 0) is 30.7 Å². The van der Waals surface area contributed by atoms with Gasteiger partial charge in [-0.25, -0.2) is 4.79 Å². The lowest BCUT2D eigenvalue weighted by molar-refractivity contribution is 0.0696. The highest BCUT2D eigenvalue weighted by Gasteiger charge is 2.15. The number of carbonyl (C=O) groups is 2. The molecule has 0 saturated heterocycles. The standard InChI is InChI=1S/C14H14ClN3O3/c1-3-9-7-12(18(2)17-9)13(19)16-11-6-8(14(20)21)4-5-10(11)15/h4-7H,3H2,1-2H3,(H,16,19)(H,20,21). The van der Waals surface area contributed by atoms with Gasteiger partial charge in [0.25, 0.3) is 5.91 Å². The van der Waals surface area contributed by atoms with Crippen LogP contribution in [0.2, 0.25) is 5.02 Å². The maximum atomic E-state index is 12.2. The first-order valence-corrected chi connectivity index (χ1v) is 6.67. The van der Waals surface area contributed by atoms with Crippen LogP contribution in [0.5, 0.6) is 0 Å². The fourth-order valence-electron chi connectivity index (χ4n) is 1.85. The fourth-order valence-corrected chi connectivity index (χ4v) is 2.02. The number of amides is 1. The second kappa shape index (κ2) is 5.97. The first-order valence-electron chi connectivity index (χ1n) is 6.29. The fraction of sp³-hybridized carbons (Fsp3) is 0.214. The molecule has 7 heteroatoms. The average Bonchev–Trinajstić information content (AvgIpc) is 2.82. The lowest BCUT2D eigenvalue weighted by Crippen LogP contribution is -2.16. The summed E-state index contributed by atoms with van der Waals surface area (Å²) in [7, 11) is 1.67. The molecule has 0 spiro atoms. The molecule has 1 heterocycles. The summed E-state index contributed by atoms with van der Waals surface area (Å²) in [5.41, 5.74) is 1.48. The van der Waals surface area contributed by atoms with Gasteiger partial charge in [0.05, 0.1) is 22.0 Å². The van der Waals surface area contributed by atoms with Gasteiger partial charge < -0.3 is 10.4 Å². The molecule has 0 atom stereocenters. The average molecular weight is 308 g/mol. The Labute approximate surface area is 126 Å². The van der Waals surface area contributed by atoms with Crippen LogP contribution >= 0.6 is 11.6 Å². The molecule has 1 aromatic carbocycles. The SMILES string of the molecule is CCc1cc(C(=O)Nc2cc(C(=O)O)ccc2Cl)n(C)n1. The molecule has 1 aromatic heterocycles. The van der Waals surface area contributed by atoms with Gasteiger partial charge in [-0.15, -0.1) is 0 Å². The van der Waals surface area contributed by atoms with Crippen molar-refractivity contribution in [1.82, 2.24) is 9.78 Å². The Kier molecular flexibility index (Phi) is 4.28. The molecular formula is C14H14ClN3O3. The molecule has 1 amide bonds. The van der Waals surface area contributed by atoms with Crippen LogP contribution in [0.1, 0.15) is 33.5 Å². The summed E-state index contributed by atoms with van der Waals surface area (Å²) in [6.45, 7) is 1.94. The second-order valence-corrected chi connectivity index (χ2v) is 4.86. The monoisotopic (exact) mass is 307 g/mol. The number of aryl methyl sites for hydroxylation is 2. The summed E-state index contributed by atoms with van der Waals surface area (Å²) < 4.78 is 1.48. The Morgan fingerprint density at radius 2 is 2.10 bits per heavy atom. The summed E-state index contributed by atoms with van der Waals surface area (Å²) in [4.78, 5) is 23.2. The van der Waals surface area contributed by atoms with Crippen LogP contribution in [-0.2, 0) is 13.5 Å². The van der Waals surface area contributed by atoms with Gasteiger partial charge in [0.1, 0.15) is 5.69 Å². The van der Waals surface area contributed by atoms with E-state index in [-0.39, 0.29) is 16.3 Å². The van der Waals surface area contributed by atoms with Crippen molar-refractivity contribution < 1.29 is 14.7 Å². The molecular weight excluding hydrogens is 294 g/mol. The summed E-state index contributed by atoms with van der Waals surface area (Å²) in [5.74, 6) is -1.48. The molecule has 2 aromatic rings. The summed E-state index contributed by atoms with van der Waals surface area (Å²) in [6, 6.07) is 5.81. The van der Waals surface area contributed by atoms with Crippen molar-refractivity contribution in [2.24, 2.45) is 7.05 Å². The zero-order valence-electron chi connectivity index (χ0n) is 11.6. The Morgan fingerprint density at radius 1 is 1.38 bits per heavy atom. The molecule has 0 aliphatic carbocycles. The summed E-state index contributed by atoms with van der Waals surface area (Å²) in [6.07, 6.45) is 0.719. The van der Waals surface area contributed by atoms with E-state index in [2.05, 4.69) is 10.4 Å². The summed E-state index contributed by atoms with van der Waals surface area (Å²) in [5, 5.41) is 16.0. The number of halogens is 1. The number of carboxylic acid groups (broad SMARTS) is 1. The molecule has 0 saturated carbocycles. The predicted octanol–water partition coefficient (Wildman–Crippen LogP) is 2.59. The number of aromatic nitrogens is 2. The van der Waals surface area contributed by atoms with Gasteiger partial charge in [0.2, 0.25) is 0 Å². The van der Waals surface area contributed by atoms with Crippen molar-refractivity contribution in [3.05, 3.63) is 46.2 Å².